The lowest BCUT2D eigenvalue weighted by Crippen LogP contribution is -2.70. The van der Waals surface area contributed by atoms with Crippen LogP contribution in [0.5, 0.6) is 0 Å². The number of H-pyrrole nitrogens is 1. The molecule has 5 rings (SSSR count). The van der Waals surface area contributed by atoms with E-state index < -0.39 is 0 Å². The number of fused-ring (bicyclic) bond motifs is 4. The lowest BCUT2D eigenvalue weighted by Gasteiger charge is -2.44. The van der Waals surface area contributed by atoms with Gasteiger partial charge in [0.1, 0.15) is 5.69 Å². The number of benzene rings is 1. The van der Waals surface area contributed by atoms with Gasteiger partial charge in [0.05, 0.1) is 5.52 Å². The summed E-state index contributed by atoms with van der Waals surface area (Å²) in [5.74, 6) is 0.415. The first-order chi connectivity index (χ1) is 10.7. The number of amides is 1. The Morgan fingerprint density at radius 2 is 2.17 bits per heavy atom. The second-order valence-corrected chi connectivity index (χ2v) is 6.21. The molecule has 3 aliphatic heterocycles. The van der Waals surface area contributed by atoms with E-state index in [1.54, 1.807) is 18.2 Å². The fourth-order valence-electron chi connectivity index (χ4n) is 3.64. The maximum atomic E-state index is 12.6. The van der Waals surface area contributed by atoms with Gasteiger partial charge in [0.15, 0.2) is 5.69 Å². The standard InChI is InChI=1S/C15H19N5O2.H2O/c21-15(16-13-8-20-5-3-9(13)4-6-20)14-11-7-10(19-22)1-2-12(11)17-18-14;/h1-2,7,9,13H,3-6,8,19H2,(H,16,21)(H,17,18);1H2/t13-;/m1./s1. The molecule has 0 spiro atoms. The van der Waals surface area contributed by atoms with E-state index in [1.165, 1.54) is 0 Å². The number of nitrogens with zero attached hydrogens (tertiary/aromatic N) is 2. The van der Waals surface area contributed by atoms with Gasteiger partial charge in [-0.2, -0.15) is 5.10 Å². The molecule has 0 unspecified atom stereocenters. The fourth-order valence-corrected chi connectivity index (χ4v) is 3.64. The van der Waals surface area contributed by atoms with Crippen LogP contribution in [0.3, 0.4) is 0 Å². The molecule has 0 saturated carbocycles. The summed E-state index contributed by atoms with van der Waals surface area (Å²) in [6.45, 7) is 3.22. The maximum absolute atomic E-state index is 12.6. The smallest absolute Gasteiger partial charge is 0.272 e. The largest absolute Gasteiger partial charge is 0.630 e. The van der Waals surface area contributed by atoms with Gasteiger partial charge in [-0.25, -0.2) is 0 Å². The summed E-state index contributed by atoms with van der Waals surface area (Å²) in [5.41, 5.74) is 2.47. The molecule has 23 heavy (non-hydrogen) atoms. The molecule has 6 N–H and O–H groups in total. The number of aromatic nitrogens is 2. The van der Waals surface area contributed by atoms with E-state index in [9.17, 15) is 10.0 Å². The summed E-state index contributed by atoms with van der Waals surface area (Å²) in [7, 11) is 0. The number of quaternary nitrogens is 1. The zero-order chi connectivity index (χ0) is 15.1. The van der Waals surface area contributed by atoms with E-state index in [1.807, 2.05) is 0 Å². The minimum Gasteiger partial charge on any atom is -0.630 e. The molecule has 1 amide bonds. The lowest BCUT2D eigenvalue weighted by molar-refractivity contribution is -0.497. The second kappa shape index (κ2) is 6.25. The van der Waals surface area contributed by atoms with E-state index in [0.29, 0.717) is 22.7 Å². The van der Waals surface area contributed by atoms with Gasteiger partial charge in [-0.3, -0.25) is 9.89 Å². The van der Waals surface area contributed by atoms with Gasteiger partial charge >= 0.3 is 0 Å². The van der Waals surface area contributed by atoms with Gasteiger partial charge in [-0.05, 0) is 37.9 Å². The number of carbonyl (C=O) groups excluding carboxylic acids is 1. The number of nitrogens with one attached hydrogen (secondary N) is 2. The number of rotatable bonds is 3. The number of hydrogen-bond acceptors (Lipinski definition) is 4. The second-order valence-electron chi connectivity index (χ2n) is 6.21. The van der Waals surface area contributed by atoms with E-state index in [0.717, 1.165) is 43.5 Å². The highest BCUT2D eigenvalue weighted by molar-refractivity contribution is 6.05. The highest BCUT2D eigenvalue weighted by Gasteiger charge is 2.35. The summed E-state index contributed by atoms with van der Waals surface area (Å²) in [6.07, 6.45) is 2.31. The van der Waals surface area contributed by atoms with Crippen molar-refractivity contribution in [3.8, 4) is 0 Å². The first-order valence-corrected chi connectivity index (χ1v) is 7.71. The summed E-state index contributed by atoms with van der Waals surface area (Å²) in [5, 5.41) is 21.7. The van der Waals surface area contributed by atoms with E-state index in [2.05, 4.69) is 20.4 Å². The Kier molecular flexibility index (Phi) is 4.31. The van der Waals surface area contributed by atoms with Crippen LogP contribution >= 0.6 is 0 Å². The normalized spacial score (nSPS) is 26.0. The van der Waals surface area contributed by atoms with E-state index >= 15 is 0 Å². The number of hydrogen-bond donors (Lipinski definition) is 3. The summed E-state index contributed by atoms with van der Waals surface area (Å²) < 4.78 is 0. The van der Waals surface area contributed by atoms with Crippen LogP contribution < -0.4 is 10.8 Å². The monoisotopic (exact) mass is 319 g/mol. The molecule has 2 aromatic rings. The van der Waals surface area contributed by atoms with Crippen molar-refractivity contribution in [1.82, 2.24) is 20.4 Å². The quantitative estimate of drug-likeness (QED) is 0.507. The third-order valence-corrected chi connectivity index (χ3v) is 4.91. The third-order valence-electron chi connectivity index (χ3n) is 4.91. The topological polar surface area (TPSA) is 132 Å². The van der Waals surface area contributed by atoms with Crippen molar-refractivity contribution >= 4 is 22.5 Å². The van der Waals surface area contributed by atoms with Crippen molar-refractivity contribution in [3.63, 3.8) is 0 Å². The first-order valence-electron chi connectivity index (χ1n) is 7.71. The molecular weight excluding hydrogens is 298 g/mol. The summed E-state index contributed by atoms with van der Waals surface area (Å²) >= 11 is 0. The van der Waals surface area contributed by atoms with Crippen molar-refractivity contribution < 1.29 is 15.8 Å². The Labute approximate surface area is 133 Å². The summed E-state index contributed by atoms with van der Waals surface area (Å²) in [6, 6.07) is 5.40. The Hall–Kier alpha value is -2.00. The van der Waals surface area contributed by atoms with Crippen LogP contribution in [0.4, 0.5) is 5.69 Å². The van der Waals surface area contributed by atoms with Gasteiger partial charge < -0.3 is 26.4 Å². The van der Waals surface area contributed by atoms with Gasteiger partial charge in [0.25, 0.3) is 5.91 Å². The van der Waals surface area contributed by atoms with Crippen LogP contribution in [0, 0.1) is 11.1 Å². The highest BCUT2D eigenvalue weighted by atomic mass is 16.5. The molecule has 2 bridgehead atoms. The van der Waals surface area contributed by atoms with Crippen molar-refractivity contribution in [1.29, 1.82) is 0 Å². The molecule has 3 saturated heterocycles. The number of piperidine rings is 3. The van der Waals surface area contributed by atoms with Crippen LogP contribution in [0.2, 0.25) is 0 Å². The molecule has 3 fully saturated rings. The molecular formula is C15H21N5O3. The third kappa shape index (κ3) is 2.81. The van der Waals surface area contributed by atoms with Gasteiger partial charge in [-0.1, -0.05) is 0 Å². The zero-order valence-electron chi connectivity index (χ0n) is 12.7. The zero-order valence-corrected chi connectivity index (χ0v) is 12.7. The predicted octanol–water partition coefficient (Wildman–Crippen LogP) is -0.745. The number of nitrogens with two attached hydrogens (primary N) is 1. The Morgan fingerprint density at radius 3 is 2.83 bits per heavy atom. The molecule has 124 valence electrons. The lowest BCUT2D eigenvalue weighted by atomic mass is 9.84. The minimum atomic E-state index is -0.159. The molecule has 1 atom stereocenters. The van der Waals surface area contributed by atoms with Gasteiger partial charge in [0, 0.05) is 30.1 Å². The molecule has 4 heterocycles. The molecule has 8 nitrogen and oxygen atoms in total. The predicted molar refractivity (Wildman–Crippen MR) is 85.1 cm³/mol. The van der Waals surface area contributed by atoms with Crippen molar-refractivity contribution in [2.24, 2.45) is 5.92 Å². The number of carbonyl (C=O) groups is 1. The van der Waals surface area contributed by atoms with Crippen molar-refractivity contribution in [3.05, 3.63) is 29.1 Å². The SMILES string of the molecule is O.O=C(N[C@@H]1CN2CCC1CC2)c1n[nH]c2ccc([NH2+][O-])cc12. The molecule has 1 aromatic heterocycles. The van der Waals surface area contributed by atoms with Gasteiger partial charge in [-0.15, -0.1) is 0 Å². The Morgan fingerprint density at radius 1 is 1.39 bits per heavy atom. The van der Waals surface area contributed by atoms with Crippen LogP contribution in [-0.4, -0.2) is 52.2 Å². The minimum absolute atomic E-state index is 0. The van der Waals surface area contributed by atoms with Crippen molar-refractivity contribution in [2.75, 3.05) is 19.6 Å². The molecule has 0 radical (unpaired) electrons. The average molecular weight is 319 g/mol. The summed E-state index contributed by atoms with van der Waals surface area (Å²) in [4.78, 5) is 15.0. The van der Waals surface area contributed by atoms with Crippen LogP contribution in [0.25, 0.3) is 10.9 Å². The van der Waals surface area contributed by atoms with E-state index in [-0.39, 0.29) is 17.4 Å². The van der Waals surface area contributed by atoms with E-state index in [4.69, 9.17) is 0 Å². The maximum Gasteiger partial charge on any atom is 0.272 e. The first kappa shape index (κ1) is 15.9. The molecule has 1 aromatic carbocycles. The highest BCUT2D eigenvalue weighted by Crippen LogP contribution is 2.28. The Balaban J connectivity index is 0.00000156. The fraction of sp³-hybridized carbons (Fsp3) is 0.467. The average Bonchev–Trinajstić information content (AvgIpc) is 2.99. The van der Waals surface area contributed by atoms with Gasteiger partial charge in [0.2, 0.25) is 0 Å². The molecule has 8 heteroatoms. The molecule has 0 aliphatic carbocycles. The van der Waals surface area contributed by atoms with Crippen LogP contribution in [0.1, 0.15) is 23.3 Å². The van der Waals surface area contributed by atoms with Crippen molar-refractivity contribution in [2.45, 2.75) is 18.9 Å². The molecule has 3 aliphatic rings. The number of aromatic amines is 1. The Bertz CT molecular complexity index is 708. The van der Waals surface area contributed by atoms with Crippen LogP contribution in [-0.2, 0) is 0 Å². The van der Waals surface area contributed by atoms with Crippen LogP contribution in [0.15, 0.2) is 18.2 Å².